The molecule has 1 fully saturated rings. The van der Waals surface area contributed by atoms with Gasteiger partial charge < -0.3 is 5.32 Å². The molecule has 0 spiro atoms. The number of hydrogen-bond donors (Lipinski definition) is 1. The van der Waals surface area contributed by atoms with Crippen molar-refractivity contribution in [3.05, 3.63) is 16.8 Å². The van der Waals surface area contributed by atoms with Crippen molar-refractivity contribution in [2.75, 3.05) is 13.1 Å². The van der Waals surface area contributed by atoms with Crippen LogP contribution < -0.4 is 5.32 Å². The number of carbonyl (C=O) groups excluding carboxylic acids is 2. The fourth-order valence-electron chi connectivity index (χ4n) is 2.36. The van der Waals surface area contributed by atoms with Crippen molar-refractivity contribution in [2.45, 2.75) is 31.0 Å². The Hall–Kier alpha value is -1.67. The molecule has 6 nitrogen and oxygen atoms in total. The average molecular weight is 336 g/mol. The van der Waals surface area contributed by atoms with Crippen LogP contribution in [0.25, 0.3) is 10.2 Å². The van der Waals surface area contributed by atoms with Crippen molar-refractivity contribution in [1.82, 2.24) is 20.2 Å². The number of aryl methyl sites for hydroxylation is 2. The van der Waals surface area contributed by atoms with E-state index in [9.17, 15) is 9.59 Å². The van der Waals surface area contributed by atoms with Crippen molar-refractivity contribution in [3.63, 3.8) is 0 Å². The molecule has 0 aliphatic carbocycles. The lowest BCUT2D eigenvalue weighted by molar-refractivity contribution is -0.126. The summed E-state index contributed by atoms with van der Waals surface area (Å²) in [4.78, 5) is 36.0. The van der Waals surface area contributed by atoms with E-state index in [1.807, 2.05) is 6.92 Å². The summed E-state index contributed by atoms with van der Waals surface area (Å²) in [5, 5.41) is 4.08. The number of thiophene rings is 1. The van der Waals surface area contributed by atoms with E-state index >= 15 is 0 Å². The highest BCUT2D eigenvalue weighted by Gasteiger charge is 2.30. The van der Waals surface area contributed by atoms with Gasteiger partial charge in [0.15, 0.2) is 0 Å². The number of imide groups is 1. The van der Waals surface area contributed by atoms with Gasteiger partial charge in [0.05, 0.1) is 5.25 Å². The fraction of sp³-hybridized carbons (Fsp3) is 0.429. The van der Waals surface area contributed by atoms with E-state index in [0.29, 0.717) is 13.1 Å². The van der Waals surface area contributed by atoms with Crippen molar-refractivity contribution in [1.29, 1.82) is 0 Å². The Bertz CT molecular complexity index is 759. The standard InChI is InChI=1S/C14H16N4O2S2/c1-7-8(2)21-11-10(7)12(17-6-16-11)22-9(3)13(19)18-5-4-15-14(18)20/h6,9H,4-5H2,1-3H3,(H,15,20)/t9-/m0/s1. The summed E-state index contributed by atoms with van der Waals surface area (Å²) in [6, 6.07) is -0.312. The van der Waals surface area contributed by atoms with Crippen molar-refractivity contribution >= 4 is 45.3 Å². The number of urea groups is 1. The Kier molecular flexibility index (Phi) is 4.05. The van der Waals surface area contributed by atoms with Crippen LogP contribution >= 0.6 is 23.1 Å². The maximum absolute atomic E-state index is 12.4. The molecule has 2 aromatic rings. The number of aromatic nitrogens is 2. The molecule has 1 aliphatic heterocycles. The van der Waals surface area contributed by atoms with Gasteiger partial charge in [-0.15, -0.1) is 11.3 Å². The summed E-state index contributed by atoms with van der Waals surface area (Å²) in [5.41, 5.74) is 1.15. The van der Waals surface area contributed by atoms with Gasteiger partial charge >= 0.3 is 6.03 Å². The van der Waals surface area contributed by atoms with E-state index in [0.717, 1.165) is 20.8 Å². The summed E-state index contributed by atoms with van der Waals surface area (Å²) in [5.74, 6) is -0.184. The maximum Gasteiger partial charge on any atom is 0.324 e. The van der Waals surface area contributed by atoms with Gasteiger partial charge in [-0.2, -0.15) is 0 Å². The van der Waals surface area contributed by atoms with Crippen LogP contribution in [0.15, 0.2) is 11.4 Å². The van der Waals surface area contributed by atoms with Crippen LogP contribution in [0.5, 0.6) is 0 Å². The molecule has 22 heavy (non-hydrogen) atoms. The summed E-state index contributed by atoms with van der Waals surface area (Å²) in [6.07, 6.45) is 1.53. The number of nitrogens with zero attached hydrogens (tertiary/aromatic N) is 3. The average Bonchev–Trinajstić information content (AvgIpc) is 3.03. The normalized spacial score (nSPS) is 16.1. The number of amides is 3. The van der Waals surface area contributed by atoms with Gasteiger partial charge in [-0.3, -0.25) is 9.69 Å². The van der Waals surface area contributed by atoms with E-state index in [1.165, 1.54) is 27.9 Å². The first-order valence-corrected chi connectivity index (χ1v) is 8.65. The van der Waals surface area contributed by atoms with Gasteiger partial charge in [-0.25, -0.2) is 14.8 Å². The maximum atomic E-state index is 12.4. The third-order valence-corrected chi connectivity index (χ3v) is 5.89. The monoisotopic (exact) mass is 336 g/mol. The SMILES string of the molecule is Cc1sc2ncnc(S[C@@H](C)C(=O)N3CCNC3=O)c2c1C. The number of carbonyl (C=O) groups is 2. The first kappa shape index (κ1) is 15.2. The fourth-order valence-corrected chi connectivity index (χ4v) is 4.46. The number of thioether (sulfide) groups is 1. The van der Waals surface area contributed by atoms with Gasteiger partial charge in [0.25, 0.3) is 0 Å². The quantitative estimate of drug-likeness (QED) is 0.688. The van der Waals surface area contributed by atoms with E-state index in [-0.39, 0.29) is 17.2 Å². The lowest BCUT2D eigenvalue weighted by atomic mass is 10.2. The Morgan fingerprint density at radius 1 is 1.45 bits per heavy atom. The van der Waals surface area contributed by atoms with Gasteiger partial charge in [0.2, 0.25) is 5.91 Å². The Morgan fingerprint density at radius 3 is 2.91 bits per heavy atom. The molecule has 3 rings (SSSR count). The van der Waals surface area contributed by atoms with Crippen LogP contribution in [0.3, 0.4) is 0 Å². The van der Waals surface area contributed by atoms with Gasteiger partial charge in [0, 0.05) is 23.4 Å². The molecule has 0 aromatic carbocycles. The molecule has 116 valence electrons. The molecule has 1 aliphatic rings. The predicted molar refractivity (Wildman–Crippen MR) is 87.3 cm³/mol. The van der Waals surface area contributed by atoms with Crippen LogP contribution in [0.2, 0.25) is 0 Å². The molecular weight excluding hydrogens is 320 g/mol. The molecule has 3 amide bonds. The molecule has 3 heterocycles. The van der Waals surface area contributed by atoms with Crippen molar-refractivity contribution in [2.24, 2.45) is 0 Å². The number of hydrogen-bond acceptors (Lipinski definition) is 6. The van der Waals surface area contributed by atoms with Gasteiger partial charge in [0.1, 0.15) is 16.2 Å². The smallest absolute Gasteiger partial charge is 0.324 e. The Balaban J connectivity index is 1.86. The molecular formula is C14H16N4O2S2. The molecule has 0 unspecified atom stereocenters. The highest BCUT2D eigenvalue weighted by Crippen LogP contribution is 2.36. The molecule has 0 bridgehead atoms. The van der Waals surface area contributed by atoms with Crippen LogP contribution in [-0.2, 0) is 4.79 Å². The first-order chi connectivity index (χ1) is 10.5. The second-order valence-electron chi connectivity index (χ2n) is 5.12. The minimum atomic E-state index is -0.374. The first-order valence-electron chi connectivity index (χ1n) is 6.95. The molecule has 8 heteroatoms. The van der Waals surface area contributed by atoms with Gasteiger partial charge in [-0.1, -0.05) is 11.8 Å². The van der Waals surface area contributed by atoms with Gasteiger partial charge in [-0.05, 0) is 26.3 Å². The van der Waals surface area contributed by atoms with E-state index < -0.39 is 0 Å². The highest BCUT2D eigenvalue weighted by molar-refractivity contribution is 8.00. The molecule has 2 aromatic heterocycles. The topological polar surface area (TPSA) is 75.2 Å². The summed E-state index contributed by atoms with van der Waals surface area (Å²) in [6.45, 7) is 6.85. The number of nitrogens with one attached hydrogen (secondary N) is 1. The Labute approximate surface area is 136 Å². The van der Waals surface area contributed by atoms with E-state index in [4.69, 9.17) is 0 Å². The predicted octanol–water partition coefficient (Wildman–Crippen LogP) is 2.34. The molecule has 1 N–H and O–H groups in total. The minimum Gasteiger partial charge on any atom is -0.336 e. The molecule has 1 atom stereocenters. The molecule has 0 saturated carbocycles. The molecule has 0 radical (unpaired) electrons. The van der Waals surface area contributed by atoms with Crippen molar-refractivity contribution in [3.8, 4) is 0 Å². The summed E-state index contributed by atoms with van der Waals surface area (Å²) < 4.78 is 0. The lowest BCUT2D eigenvalue weighted by Gasteiger charge is -2.17. The summed E-state index contributed by atoms with van der Waals surface area (Å²) in [7, 11) is 0. The Morgan fingerprint density at radius 2 is 2.23 bits per heavy atom. The largest absolute Gasteiger partial charge is 0.336 e. The number of rotatable bonds is 3. The zero-order valence-electron chi connectivity index (χ0n) is 12.5. The zero-order valence-corrected chi connectivity index (χ0v) is 14.2. The van der Waals surface area contributed by atoms with Crippen molar-refractivity contribution < 1.29 is 9.59 Å². The minimum absolute atomic E-state index is 0.184. The lowest BCUT2D eigenvalue weighted by Crippen LogP contribution is -2.38. The third-order valence-electron chi connectivity index (χ3n) is 3.69. The molecule has 1 saturated heterocycles. The summed E-state index contributed by atoms with van der Waals surface area (Å²) >= 11 is 3.01. The van der Waals surface area contributed by atoms with Crippen LogP contribution in [0.1, 0.15) is 17.4 Å². The van der Waals surface area contributed by atoms with E-state index in [1.54, 1.807) is 18.3 Å². The third kappa shape index (κ3) is 2.56. The second-order valence-corrected chi connectivity index (χ2v) is 7.66. The van der Waals surface area contributed by atoms with E-state index in [2.05, 4.69) is 22.2 Å². The van der Waals surface area contributed by atoms with Crippen LogP contribution in [0.4, 0.5) is 4.79 Å². The second kappa shape index (κ2) is 5.85. The zero-order chi connectivity index (χ0) is 15.9. The van der Waals surface area contributed by atoms with Crippen LogP contribution in [0, 0.1) is 13.8 Å². The highest BCUT2D eigenvalue weighted by atomic mass is 32.2. The van der Waals surface area contributed by atoms with Crippen LogP contribution in [-0.4, -0.2) is 45.1 Å². The number of fused-ring (bicyclic) bond motifs is 1.